The highest BCUT2D eigenvalue weighted by atomic mass is 16.5. The molecule has 0 aliphatic heterocycles. The zero-order valence-electron chi connectivity index (χ0n) is 12.3. The second-order valence-electron chi connectivity index (χ2n) is 5.17. The molecule has 0 radical (unpaired) electrons. The standard InChI is InChI=1S/C20H13NO2/c1-2-13-22-16-10-7-15(8-11-16)20-21-19-17-6-4-3-5-14(17)9-12-18(19)23-20/h1,3-12H,13H2. The van der Waals surface area contributed by atoms with E-state index in [0.717, 1.165) is 33.2 Å². The first-order valence-corrected chi connectivity index (χ1v) is 7.30. The maximum absolute atomic E-state index is 5.90. The van der Waals surface area contributed by atoms with Crippen LogP contribution in [0, 0.1) is 12.3 Å². The van der Waals surface area contributed by atoms with Crippen molar-refractivity contribution >= 4 is 21.9 Å². The van der Waals surface area contributed by atoms with Gasteiger partial charge in [-0.3, -0.25) is 0 Å². The van der Waals surface area contributed by atoms with Gasteiger partial charge >= 0.3 is 0 Å². The van der Waals surface area contributed by atoms with Crippen molar-refractivity contribution in [3.05, 3.63) is 60.7 Å². The largest absolute Gasteiger partial charge is 0.481 e. The van der Waals surface area contributed by atoms with E-state index in [0.29, 0.717) is 5.89 Å². The zero-order chi connectivity index (χ0) is 15.6. The second-order valence-corrected chi connectivity index (χ2v) is 5.17. The van der Waals surface area contributed by atoms with Crippen molar-refractivity contribution in [1.29, 1.82) is 0 Å². The Hall–Kier alpha value is -3.25. The van der Waals surface area contributed by atoms with E-state index in [1.165, 1.54) is 0 Å². The van der Waals surface area contributed by atoms with Gasteiger partial charge in [-0.25, -0.2) is 4.98 Å². The van der Waals surface area contributed by atoms with Crippen molar-refractivity contribution in [2.24, 2.45) is 0 Å². The minimum absolute atomic E-state index is 0.258. The van der Waals surface area contributed by atoms with Crippen LogP contribution >= 0.6 is 0 Å². The maximum Gasteiger partial charge on any atom is 0.227 e. The van der Waals surface area contributed by atoms with Crippen molar-refractivity contribution < 1.29 is 9.15 Å². The number of fused-ring (bicyclic) bond motifs is 3. The fourth-order valence-electron chi connectivity index (χ4n) is 2.60. The van der Waals surface area contributed by atoms with Crippen LogP contribution in [0.2, 0.25) is 0 Å². The van der Waals surface area contributed by atoms with Crippen molar-refractivity contribution in [3.63, 3.8) is 0 Å². The summed E-state index contributed by atoms with van der Waals surface area (Å²) in [7, 11) is 0. The molecular formula is C20H13NO2. The molecule has 23 heavy (non-hydrogen) atoms. The average Bonchev–Trinajstić information content (AvgIpc) is 3.05. The summed E-state index contributed by atoms with van der Waals surface area (Å²) in [4.78, 5) is 4.66. The molecule has 1 heterocycles. The van der Waals surface area contributed by atoms with E-state index in [1.807, 2.05) is 48.5 Å². The highest BCUT2D eigenvalue weighted by molar-refractivity contribution is 6.03. The summed E-state index contributed by atoms with van der Waals surface area (Å²) in [6, 6.07) is 19.7. The number of benzene rings is 3. The number of aromatic nitrogens is 1. The monoisotopic (exact) mass is 299 g/mol. The summed E-state index contributed by atoms with van der Waals surface area (Å²) in [6.45, 7) is 0.258. The van der Waals surface area contributed by atoms with Gasteiger partial charge in [0, 0.05) is 10.9 Å². The summed E-state index contributed by atoms with van der Waals surface area (Å²) in [5.74, 6) is 3.77. The Morgan fingerprint density at radius 1 is 1.00 bits per heavy atom. The molecule has 4 aromatic rings. The number of rotatable bonds is 3. The summed E-state index contributed by atoms with van der Waals surface area (Å²) in [5.41, 5.74) is 2.57. The van der Waals surface area contributed by atoms with Gasteiger partial charge in [0.2, 0.25) is 5.89 Å². The van der Waals surface area contributed by atoms with Crippen LogP contribution in [-0.4, -0.2) is 11.6 Å². The number of hydrogen-bond donors (Lipinski definition) is 0. The molecule has 1 aromatic heterocycles. The number of terminal acetylenes is 1. The molecule has 4 rings (SSSR count). The molecule has 0 aliphatic rings. The maximum atomic E-state index is 5.90. The van der Waals surface area contributed by atoms with Gasteiger partial charge in [-0.15, -0.1) is 6.42 Å². The Morgan fingerprint density at radius 3 is 2.65 bits per heavy atom. The molecule has 0 fully saturated rings. The van der Waals surface area contributed by atoms with E-state index in [1.54, 1.807) is 0 Å². The van der Waals surface area contributed by atoms with Crippen LogP contribution in [0.4, 0.5) is 0 Å². The van der Waals surface area contributed by atoms with Gasteiger partial charge in [0.25, 0.3) is 0 Å². The van der Waals surface area contributed by atoms with Gasteiger partial charge in [-0.1, -0.05) is 36.3 Å². The topological polar surface area (TPSA) is 35.3 Å². The van der Waals surface area contributed by atoms with E-state index in [4.69, 9.17) is 15.6 Å². The highest BCUT2D eigenvalue weighted by Gasteiger charge is 2.10. The van der Waals surface area contributed by atoms with E-state index in [-0.39, 0.29) is 6.61 Å². The molecule has 0 N–H and O–H groups in total. The van der Waals surface area contributed by atoms with E-state index >= 15 is 0 Å². The Kier molecular flexibility index (Phi) is 3.21. The first-order valence-electron chi connectivity index (χ1n) is 7.30. The van der Waals surface area contributed by atoms with Crippen LogP contribution in [-0.2, 0) is 0 Å². The van der Waals surface area contributed by atoms with Crippen molar-refractivity contribution in [3.8, 4) is 29.5 Å². The van der Waals surface area contributed by atoms with Gasteiger partial charge < -0.3 is 9.15 Å². The van der Waals surface area contributed by atoms with Crippen molar-refractivity contribution in [1.82, 2.24) is 4.98 Å². The third-order valence-corrected chi connectivity index (χ3v) is 3.71. The molecule has 3 heteroatoms. The number of hydrogen-bond acceptors (Lipinski definition) is 3. The molecule has 3 aromatic carbocycles. The van der Waals surface area contributed by atoms with Crippen LogP contribution in [0.1, 0.15) is 0 Å². The second kappa shape index (κ2) is 5.51. The summed E-state index contributed by atoms with van der Waals surface area (Å²) < 4.78 is 11.3. The third-order valence-electron chi connectivity index (χ3n) is 3.71. The average molecular weight is 299 g/mol. The van der Waals surface area contributed by atoms with Gasteiger partial charge in [-0.05, 0) is 35.7 Å². The SMILES string of the molecule is C#CCOc1ccc(-c2nc3c(ccc4ccccc43)o2)cc1. The van der Waals surface area contributed by atoms with Crippen LogP contribution < -0.4 is 4.74 Å². The van der Waals surface area contributed by atoms with Gasteiger partial charge in [0.05, 0.1) is 0 Å². The van der Waals surface area contributed by atoms with Crippen LogP contribution in [0.15, 0.2) is 65.1 Å². The first-order chi connectivity index (χ1) is 11.3. The molecule has 0 atom stereocenters. The van der Waals surface area contributed by atoms with Crippen LogP contribution in [0.3, 0.4) is 0 Å². The number of nitrogens with zero attached hydrogens (tertiary/aromatic N) is 1. The Balaban J connectivity index is 1.77. The fraction of sp³-hybridized carbons (Fsp3) is 0.0500. The minimum Gasteiger partial charge on any atom is -0.481 e. The smallest absolute Gasteiger partial charge is 0.227 e. The van der Waals surface area contributed by atoms with Gasteiger partial charge in [0.1, 0.15) is 17.9 Å². The Labute approximate surface area is 133 Å². The molecule has 0 saturated heterocycles. The summed E-state index contributed by atoms with van der Waals surface area (Å²) in [6.07, 6.45) is 5.19. The van der Waals surface area contributed by atoms with Crippen molar-refractivity contribution in [2.45, 2.75) is 0 Å². The molecule has 0 aliphatic carbocycles. The summed E-state index contributed by atoms with van der Waals surface area (Å²) >= 11 is 0. The first kappa shape index (κ1) is 13.4. The molecule has 3 nitrogen and oxygen atoms in total. The molecule has 0 saturated carbocycles. The molecule has 0 unspecified atom stereocenters. The number of ether oxygens (including phenoxy) is 1. The van der Waals surface area contributed by atoms with Crippen LogP contribution in [0.5, 0.6) is 5.75 Å². The van der Waals surface area contributed by atoms with Crippen LogP contribution in [0.25, 0.3) is 33.3 Å². The normalized spacial score (nSPS) is 10.7. The van der Waals surface area contributed by atoms with Crippen molar-refractivity contribution in [2.75, 3.05) is 6.61 Å². The minimum atomic E-state index is 0.258. The number of oxazole rings is 1. The predicted molar refractivity (Wildman–Crippen MR) is 91.3 cm³/mol. The summed E-state index contributed by atoms with van der Waals surface area (Å²) in [5, 5.41) is 2.24. The van der Waals surface area contributed by atoms with Gasteiger partial charge in [0.15, 0.2) is 5.58 Å². The third kappa shape index (κ3) is 2.41. The fourth-order valence-corrected chi connectivity index (χ4v) is 2.60. The van der Waals surface area contributed by atoms with E-state index < -0.39 is 0 Å². The Morgan fingerprint density at radius 2 is 1.83 bits per heavy atom. The van der Waals surface area contributed by atoms with Gasteiger partial charge in [-0.2, -0.15) is 0 Å². The lowest BCUT2D eigenvalue weighted by Crippen LogP contribution is -1.92. The molecule has 0 bridgehead atoms. The molecule has 0 amide bonds. The quantitative estimate of drug-likeness (QED) is 0.516. The predicted octanol–water partition coefficient (Wildman–Crippen LogP) is 4.66. The Bertz CT molecular complexity index is 1020. The zero-order valence-corrected chi connectivity index (χ0v) is 12.3. The lowest BCUT2D eigenvalue weighted by molar-refractivity contribution is 0.370. The van der Waals surface area contributed by atoms with E-state index in [2.05, 4.69) is 23.0 Å². The molecular weight excluding hydrogens is 286 g/mol. The van der Waals surface area contributed by atoms with E-state index in [9.17, 15) is 0 Å². The lowest BCUT2D eigenvalue weighted by Gasteiger charge is -2.02. The lowest BCUT2D eigenvalue weighted by atomic mass is 10.1. The molecule has 110 valence electrons. The highest BCUT2D eigenvalue weighted by Crippen LogP contribution is 2.30. The molecule has 0 spiro atoms.